The molecule has 1 aliphatic rings. The molecule has 4 nitrogen and oxygen atoms in total. The number of rotatable bonds is 1. The molecule has 0 unspecified atom stereocenters. The highest BCUT2D eigenvalue weighted by molar-refractivity contribution is 6.11. The first-order valence-electron chi connectivity index (χ1n) is 4.25. The van der Waals surface area contributed by atoms with E-state index < -0.39 is 12.1 Å². The molecule has 0 saturated heterocycles. The summed E-state index contributed by atoms with van der Waals surface area (Å²) in [7, 11) is 1.34. The molecule has 1 heterocycles. The lowest BCUT2D eigenvalue weighted by Gasteiger charge is -2.04. The summed E-state index contributed by atoms with van der Waals surface area (Å²) in [6, 6.07) is 7.34. The summed E-state index contributed by atoms with van der Waals surface area (Å²) in [6.45, 7) is 0. The van der Waals surface area contributed by atoms with E-state index in [0.29, 0.717) is 5.57 Å². The van der Waals surface area contributed by atoms with Gasteiger partial charge in [-0.15, -0.1) is 0 Å². The van der Waals surface area contributed by atoms with E-state index in [0.717, 1.165) is 10.6 Å². The van der Waals surface area contributed by atoms with Crippen molar-refractivity contribution in [1.29, 1.82) is 0 Å². The molecule has 0 saturated carbocycles. The third kappa shape index (κ3) is 1.20. The van der Waals surface area contributed by atoms with Crippen molar-refractivity contribution >= 4 is 11.5 Å². The molecule has 14 heavy (non-hydrogen) atoms. The largest absolute Gasteiger partial charge is 0.466 e. The van der Waals surface area contributed by atoms with Gasteiger partial charge in [-0.3, -0.25) is 4.99 Å². The SMILES string of the molecule is COC(=O)C1=c2ccccc2=N[C@@H]1N. The Kier molecular flexibility index (Phi) is 2.05. The lowest BCUT2D eigenvalue weighted by Crippen LogP contribution is -2.28. The Morgan fingerprint density at radius 3 is 2.93 bits per heavy atom. The van der Waals surface area contributed by atoms with Gasteiger partial charge < -0.3 is 10.5 Å². The fraction of sp³-hybridized carbons (Fsp3) is 0.200. The highest BCUT2D eigenvalue weighted by Gasteiger charge is 2.22. The van der Waals surface area contributed by atoms with Crippen molar-refractivity contribution in [3.05, 3.63) is 34.8 Å². The number of nitrogens with zero attached hydrogens (tertiary/aromatic N) is 1. The first kappa shape index (κ1) is 8.90. The number of methoxy groups -OCH3 is 1. The number of benzene rings is 1. The fourth-order valence-corrected chi connectivity index (χ4v) is 1.53. The number of esters is 1. The van der Waals surface area contributed by atoms with E-state index in [-0.39, 0.29) is 0 Å². The zero-order valence-corrected chi connectivity index (χ0v) is 7.73. The molecule has 4 heteroatoms. The summed E-state index contributed by atoms with van der Waals surface area (Å²) in [5, 5.41) is 1.52. The Balaban J connectivity index is 2.72. The minimum absolute atomic E-state index is 0.411. The van der Waals surface area contributed by atoms with Crippen molar-refractivity contribution in [2.45, 2.75) is 6.17 Å². The van der Waals surface area contributed by atoms with Crippen LogP contribution in [-0.4, -0.2) is 19.2 Å². The van der Waals surface area contributed by atoms with Gasteiger partial charge in [0.1, 0.15) is 6.17 Å². The van der Waals surface area contributed by atoms with Gasteiger partial charge in [0.15, 0.2) is 0 Å². The van der Waals surface area contributed by atoms with E-state index in [9.17, 15) is 4.79 Å². The van der Waals surface area contributed by atoms with Crippen molar-refractivity contribution in [2.24, 2.45) is 10.7 Å². The van der Waals surface area contributed by atoms with Crippen LogP contribution in [0.1, 0.15) is 0 Å². The van der Waals surface area contributed by atoms with Crippen LogP contribution in [-0.2, 0) is 9.53 Å². The van der Waals surface area contributed by atoms with E-state index in [1.165, 1.54) is 7.11 Å². The average molecular weight is 190 g/mol. The Morgan fingerprint density at radius 2 is 2.21 bits per heavy atom. The first-order chi connectivity index (χ1) is 6.74. The van der Waals surface area contributed by atoms with Crippen LogP contribution in [0.4, 0.5) is 0 Å². The summed E-state index contributed by atoms with van der Waals surface area (Å²) in [6.07, 6.45) is -0.597. The van der Waals surface area contributed by atoms with Crippen LogP contribution in [0.25, 0.3) is 5.57 Å². The highest BCUT2D eigenvalue weighted by atomic mass is 16.5. The van der Waals surface area contributed by atoms with E-state index in [4.69, 9.17) is 5.73 Å². The molecule has 0 amide bonds. The maximum Gasteiger partial charge on any atom is 0.337 e. The van der Waals surface area contributed by atoms with Crippen LogP contribution in [0.15, 0.2) is 29.3 Å². The van der Waals surface area contributed by atoms with E-state index in [1.807, 2.05) is 24.3 Å². The molecule has 2 rings (SSSR count). The van der Waals surface area contributed by atoms with Crippen LogP contribution in [0.2, 0.25) is 0 Å². The molecule has 0 bridgehead atoms. The van der Waals surface area contributed by atoms with Gasteiger partial charge in [0.2, 0.25) is 0 Å². The zero-order chi connectivity index (χ0) is 10.1. The summed E-state index contributed by atoms with van der Waals surface area (Å²) >= 11 is 0. The number of carbonyl (C=O) groups excluding carboxylic acids is 1. The molecule has 0 radical (unpaired) electrons. The minimum atomic E-state index is -0.597. The molecule has 1 aromatic carbocycles. The summed E-state index contributed by atoms with van der Waals surface area (Å²) < 4.78 is 4.65. The van der Waals surface area contributed by atoms with Crippen LogP contribution in [0, 0.1) is 0 Å². The third-order valence-corrected chi connectivity index (χ3v) is 2.17. The topological polar surface area (TPSA) is 64.7 Å². The standard InChI is InChI=1S/C10H10N2O2/c1-14-10(13)8-6-4-2-3-5-7(6)12-9(8)11/h2-5,9H,11H2,1H3/t9-/m0/s1. The van der Waals surface area contributed by atoms with E-state index >= 15 is 0 Å². The Hall–Kier alpha value is -1.68. The molecule has 2 N–H and O–H groups in total. The van der Waals surface area contributed by atoms with Gasteiger partial charge in [-0.2, -0.15) is 0 Å². The van der Waals surface area contributed by atoms with Gasteiger partial charge in [0.05, 0.1) is 18.0 Å². The van der Waals surface area contributed by atoms with Gasteiger partial charge in [0.25, 0.3) is 0 Å². The maximum absolute atomic E-state index is 11.4. The molecule has 1 aromatic rings. The first-order valence-corrected chi connectivity index (χ1v) is 4.25. The number of hydrogen-bond acceptors (Lipinski definition) is 4. The molecule has 0 aliphatic carbocycles. The number of nitrogens with two attached hydrogens (primary N) is 1. The number of para-hydroxylation sites is 1. The average Bonchev–Trinajstić information content (AvgIpc) is 2.53. The van der Waals surface area contributed by atoms with Gasteiger partial charge in [-0.1, -0.05) is 18.2 Å². The predicted molar refractivity (Wildman–Crippen MR) is 50.6 cm³/mol. The summed E-state index contributed by atoms with van der Waals surface area (Å²) in [4.78, 5) is 15.5. The molecular weight excluding hydrogens is 180 g/mol. The zero-order valence-electron chi connectivity index (χ0n) is 7.73. The van der Waals surface area contributed by atoms with E-state index in [2.05, 4.69) is 9.73 Å². The number of ether oxygens (including phenoxy) is 1. The molecule has 0 fully saturated rings. The van der Waals surface area contributed by atoms with Crippen LogP contribution < -0.4 is 16.3 Å². The van der Waals surface area contributed by atoms with Crippen molar-refractivity contribution in [3.8, 4) is 0 Å². The van der Waals surface area contributed by atoms with E-state index in [1.54, 1.807) is 0 Å². The second-order valence-corrected chi connectivity index (χ2v) is 3.00. The second-order valence-electron chi connectivity index (χ2n) is 3.00. The smallest absolute Gasteiger partial charge is 0.337 e. The Bertz CT molecular complexity index is 493. The molecule has 0 spiro atoms. The molecular formula is C10H10N2O2. The van der Waals surface area contributed by atoms with Gasteiger partial charge >= 0.3 is 5.97 Å². The summed E-state index contributed by atoms with van der Waals surface area (Å²) in [5.74, 6) is -0.411. The highest BCUT2D eigenvalue weighted by Crippen LogP contribution is 2.05. The van der Waals surface area contributed by atoms with Gasteiger partial charge in [-0.25, -0.2) is 4.79 Å². The van der Waals surface area contributed by atoms with Crippen molar-refractivity contribution < 1.29 is 9.53 Å². The fourth-order valence-electron chi connectivity index (χ4n) is 1.53. The molecule has 1 atom stereocenters. The minimum Gasteiger partial charge on any atom is -0.466 e. The predicted octanol–water partition coefficient (Wildman–Crippen LogP) is -1.07. The van der Waals surface area contributed by atoms with Crippen molar-refractivity contribution in [1.82, 2.24) is 0 Å². The normalized spacial score (nSPS) is 18.7. The lowest BCUT2D eigenvalue weighted by molar-refractivity contribution is -0.134. The number of hydrogen-bond donors (Lipinski definition) is 1. The Morgan fingerprint density at radius 1 is 1.50 bits per heavy atom. The third-order valence-electron chi connectivity index (χ3n) is 2.17. The van der Waals surface area contributed by atoms with Crippen molar-refractivity contribution in [2.75, 3.05) is 7.11 Å². The van der Waals surface area contributed by atoms with Gasteiger partial charge in [-0.05, 0) is 6.07 Å². The van der Waals surface area contributed by atoms with Crippen LogP contribution in [0.3, 0.4) is 0 Å². The number of fused-ring (bicyclic) bond motifs is 1. The number of carbonyl (C=O) groups is 1. The second kappa shape index (κ2) is 3.23. The quantitative estimate of drug-likeness (QED) is 0.573. The Labute approximate surface area is 80.7 Å². The van der Waals surface area contributed by atoms with Gasteiger partial charge in [0, 0.05) is 5.22 Å². The maximum atomic E-state index is 11.4. The van der Waals surface area contributed by atoms with Crippen molar-refractivity contribution in [3.63, 3.8) is 0 Å². The molecule has 72 valence electrons. The lowest BCUT2D eigenvalue weighted by atomic mass is 10.1. The molecule has 1 aliphatic heterocycles. The molecule has 0 aromatic heterocycles. The monoisotopic (exact) mass is 190 g/mol. The summed E-state index contributed by atoms with van der Waals surface area (Å²) in [5.41, 5.74) is 6.13. The van der Waals surface area contributed by atoms with Crippen LogP contribution >= 0.6 is 0 Å². The van der Waals surface area contributed by atoms with Crippen LogP contribution in [0.5, 0.6) is 0 Å².